The highest BCUT2D eigenvalue weighted by Crippen LogP contribution is 2.28. The highest BCUT2D eigenvalue weighted by molar-refractivity contribution is 5.96. The maximum absolute atomic E-state index is 12.9. The molecule has 0 aliphatic carbocycles. The summed E-state index contributed by atoms with van der Waals surface area (Å²) >= 11 is 0. The number of rotatable bonds is 1. The van der Waals surface area contributed by atoms with Crippen molar-refractivity contribution in [1.82, 2.24) is 4.90 Å². The topological polar surface area (TPSA) is 40.5 Å². The Bertz CT molecular complexity index is 514. The second-order valence-corrected chi connectivity index (χ2v) is 7.44. The van der Waals surface area contributed by atoms with Gasteiger partial charge in [0.1, 0.15) is 0 Å². The normalized spacial score (nSPS) is 23.8. The molecule has 1 aliphatic heterocycles. The number of amides is 1. The van der Waals surface area contributed by atoms with E-state index < -0.39 is 5.60 Å². The van der Waals surface area contributed by atoms with Crippen molar-refractivity contribution in [2.24, 2.45) is 0 Å². The molecule has 3 nitrogen and oxygen atoms in total. The highest BCUT2D eigenvalue weighted by atomic mass is 16.3. The number of likely N-dealkylation sites (tertiary alicyclic amines) is 1. The minimum absolute atomic E-state index is 0.0520. The zero-order chi connectivity index (χ0) is 15.7. The van der Waals surface area contributed by atoms with Crippen molar-refractivity contribution in [3.05, 3.63) is 35.4 Å². The lowest BCUT2D eigenvalue weighted by Crippen LogP contribution is -2.35. The minimum Gasteiger partial charge on any atom is -0.390 e. The molecule has 1 aromatic carbocycles. The Morgan fingerprint density at radius 3 is 2.52 bits per heavy atom. The van der Waals surface area contributed by atoms with E-state index in [0.717, 1.165) is 30.5 Å². The van der Waals surface area contributed by atoms with Crippen molar-refractivity contribution < 1.29 is 9.90 Å². The van der Waals surface area contributed by atoms with Gasteiger partial charge in [0.2, 0.25) is 0 Å². The predicted octanol–water partition coefficient (Wildman–Crippen LogP) is 3.36. The SMILES string of the molecule is CC1(O)CCCN(C(=O)c2ccccc2C(C)(C)C)CC1. The molecular formula is C18H27NO2. The van der Waals surface area contributed by atoms with Crippen LogP contribution in [0.1, 0.15) is 62.9 Å². The monoisotopic (exact) mass is 289 g/mol. The molecule has 1 N–H and O–H groups in total. The molecule has 1 aromatic rings. The molecule has 1 atom stereocenters. The minimum atomic E-state index is -0.640. The molecular weight excluding hydrogens is 262 g/mol. The molecule has 1 saturated heterocycles. The molecule has 3 heteroatoms. The third-order valence-corrected chi connectivity index (χ3v) is 4.32. The van der Waals surface area contributed by atoms with Crippen LogP contribution in [0.4, 0.5) is 0 Å². The van der Waals surface area contributed by atoms with E-state index in [0.29, 0.717) is 13.0 Å². The van der Waals surface area contributed by atoms with Crippen LogP contribution in [0.15, 0.2) is 24.3 Å². The molecule has 21 heavy (non-hydrogen) atoms. The van der Waals surface area contributed by atoms with Crippen molar-refractivity contribution in [2.75, 3.05) is 13.1 Å². The number of hydrogen-bond acceptors (Lipinski definition) is 2. The molecule has 1 unspecified atom stereocenters. The standard InChI is InChI=1S/C18H27NO2/c1-17(2,3)15-9-6-5-8-14(15)16(20)19-12-7-10-18(4,21)11-13-19/h5-6,8-9,21H,7,10-13H2,1-4H3. The van der Waals surface area contributed by atoms with E-state index in [1.54, 1.807) is 0 Å². The molecule has 1 fully saturated rings. The zero-order valence-corrected chi connectivity index (χ0v) is 13.6. The fourth-order valence-electron chi connectivity index (χ4n) is 2.96. The first-order valence-corrected chi connectivity index (χ1v) is 7.82. The van der Waals surface area contributed by atoms with Crippen LogP contribution >= 0.6 is 0 Å². The third kappa shape index (κ3) is 3.85. The Balaban J connectivity index is 2.25. The van der Waals surface area contributed by atoms with Gasteiger partial charge < -0.3 is 10.0 Å². The van der Waals surface area contributed by atoms with Crippen LogP contribution in [0.2, 0.25) is 0 Å². The summed E-state index contributed by atoms with van der Waals surface area (Å²) in [5, 5.41) is 10.2. The van der Waals surface area contributed by atoms with Crippen molar-refractivity contribution >= 4 is 5.91 Å². The molecule has 0 radical (unpaired) electrons. The summed E-state index contributed by atoms with van der Waals surface area (Å²) in [5.74, 6) is 0.0956. The van der Waals surface area contributed by atoms with Gasteiger partial charge in [-0.25, -0.2) is 0 Å². The first kappa shape index (κ1) is 16.0. The van der Waals surface area contributed by atoms with Gasteiger partial charge in [0.25, 0.3) is 5.91 Å². The van der Waals surface area contributed by atoms with Crippen LogP contribution in [-0.4, -0.2) is 34.6 Å². The molecule has 116 valence electrons. The van der Waals surface area contributed by atoms with Crippen molar-refractivity contribution in [3.8, 4) is 0 Å². The Labute approximate surface area is 128 Å². The summed E-state index contributed by atoms with van der Waals surface area (Å²) in [6.07, 6.45) is 2.27. The Kier molecular flexibility index (Phi) is 4.43. The maximum atomic E-state index is 12.9. The molecule has 2 rings (SSSR count). The van der Waals surface area contributed by atoms with Gasteiger partial charge in [0, 0.05) is 18.7 Å². The average Bonchev–Trinajstić information content (AvgIpc) is 2.58. The summed E-state index contributed by atoms with van der Waals surface area (Å²) in [4.78, 5) is 14.8. The van der Waals surface area contributed by atoms with Crippen LogP contribution in [0.5, 0.6) is 0 Å². The second kappa shape index (κ2) is 5.80. The predicted molar refractivity (Wildman–Crippen MR) is 85.5 cm³/mol. The van der Waals surface area contributed by atoms with Crippen LogP contribution in [0.25, 0.3) is 0 Å². The molecule has 0 spiro atoms. The second-order valence-electron chi connectivity index (χ2n) is 7.44. The van der Waals surface area contributed by atoms with Gasteiger partial charge in [-0.1, -0.05) is 39.0 Å². The van der Waals surface area contributed by atoms with Crippen LogP contribution < -0.4 is 0 Å². The smallest absolute Gasteiger partial charge is 0.254 e. The van der Waals surface area contributed by atoms with Gasteiger partial charge in [0.05, 0.1) is 5.60 Å². The number of aliphatic hydroxyl groups is 1. The van der Waals surface area contributed by atoms with Crippen molar-refractivity contribution in [2.45, 2.75) is 58.0 Å². The van der Waals surface area contributed by atoms with Gasteiger partial charge >= 0.3 is 0 Å². The fraction of sp³-hybridized carbons (Fsp3) is 0.611. The molecule has 0 bridgehead atoms. The average molecular weight is 289 g/mol. The van der Waals surface area contributed by atoms with E-state index in [1.165, 1.54) is 0 Å². The molecule has 1 heterocycles. The quantitative estimate of drug-likeness (QED) is 0.861. The van der Waals surface area contributed by atoms with E-state index in [2.05, 4.69) is 20.8 Å². The van der Waals surface area contributed by atoms with Gasteiger partial charge in [-0.2, -0.15) is 0 Å². The van der Waals surface area contributed by atoms with E-state index in [1.807, 2.05) is 36.1 Å². The van der Waals surface area contributed by atoms with E-state index in [9.17, 15) is 9.90 Å². The van der Waals surface area contributed by atoms with Crippen molar-refractivity contribution in [1.29, 1.82) is 0 Å². The number of carbonyl (C=O) groups excluding carboxylic acids is 1. The van der Waals surface area contributed by atoms with Gasteiger partial charge in [0.15, 0.2) is 0 Å². The van der Waals surface area contributed by atoms with Crippen LogP contribution in [0.3, 0.4) is 0 Å². The summed E-state index contributed by atoms with van der Waals surface area (Å²) in [6.45, 7) is 9.62. The van der Waals surface area contributed by atoms with Gasteiger partial charge in [-0.05, 0) is 43.2 Å². The Hall–Kier alpha value is -1.35. The Morgan fingerprint density at radius 1 is 1.19 bits per heavy atom. The van der Waals surface area contributed by atoms with Gasteiger partial charge in [-0.3, -0.25) is 4.79 Å². The number of nitrogens with zero attached hydrogens (tertiary/aromatic N) is 1. The first-order chi connectivity index (χ1) is 9.71. The third-order valence-electron chi connectivity index (χ3n) is 4.32. The van der Waals surface area contributed by atoms with E-state index in [4.69, 9.17) is 0 Å². The number of hydrogen-bond donors (Lipinski definition) is 1. The van der Waals surface area contributed by atoms with Crippen molar-refractivity contribution in [3.63, 3.8) is 0 Å². The number of carbonyl (C=O) groups is 1. The van der Waals surface area contributed by atoms with Crippen LogP contribution in [-0.2, 0) is 5.41 Å². The fourth-order valence-corrected chi connectivity index (χ4v) is 2.96. The molecule has 0 aromatic heterocycles. The lowest BCUT2D eigenvalue weighted by Gasteiger charge is -2.27. The van der Waals surface area contributed by atoms with Gasteiger partial charge in [-0.15, -0.1) is 0 Å². The Morgan fingerprint density at radius 2 is 1.86 bits per heavy atom. The molecule has 1 aliphatic rings. The molecule has 0 saturated carbocycles. The summed E-state index contributed by atoms with van der Waals surface area (Å²) < 4.78 is 0. The maximum Gasteiger partial charge on any atom is 0.254 e. The largest absolute Gasteiger partial charge is 0.390 e. The summed E-state index contributed by atoms with van der Waals surface area (Å²) in [6, 6.07) is 7.88. The molecule has 1 amide bonds. The lowest BCUT2D eigenvalue weighted by atomic mass is 9.83. The summed E-state index contributed by atoms with van der Waals surface area (Å²) in [7, 11) is 0. The lowest BCUT2D eigenvalue weighted by molar-refractivity contribution is 0.0437. The highest BCUT2D eigenvalue weighted by Gasteiger charge is 2.29. The van der Waals surface area contributed by atoms with E-state index >= 15 is 0 Å². The van der Waals surface area contributed by atoms with Crippen LogP contribution in [0, 0.1) is 0 Å². The first-order valence-electron chi connectivity index (χ1n) is 7.82. The number of benzene rings is 1. The summed E-state index contributed by atoms with van der Waals surface area (Å²) in [5.41, 5.74) is 1.19. The van der Waals surface area contributed by atoms with E-state index in [-0.39, 0.29) is 11.3 Å². The zero-order valence-electron chi connectivity index (χ0n) is 13.6.